The molecule has 4 rings (SSSR count). The van der Waals surface area contributed by atoms with E-state index in [1.807, 2.05) is 25.1 Å². The number of benzene rings is 2. The van der Waals surface area contributed by atoms with E-state index in [1.165, 1.54) is 17.1 Å². The third-order valence-electron chi connectivity index (χ3n) is 4.67. The van der Waals surface area contributed by atoms with E-state index < -0.39 is 0 Å². The second kappa shape index (κ2) is 8.30. The Balaban J connectivity index is 1.55. The van der Waals surface area contributed by atoms with Crippen molar-refractivity contribution in [2.75, 3.05) is 0 Å². The molecule has 0 radical (unpaired) electrons. The van der Waals surface area contributed by atoms with Crippen LogP contribution < -0.4 is 10.9 Å². The molecule has 0 unspecified atom stereocenters. The highest BCUT2D eigenvalue weighted by molar-refractivity contribution is 6.31. The van der Waals surface area contributed by atoms with Crippen LogP contribution in [0.2, 0.25) is 10.0 Å². The highest BCUT2D eigenvalue weighted by atomic mass is 35.5. The van der Waals surface area contributed by atoms with Gasteiger partial charge in [-0.15, -0.1) is 0 Å². The Morgan fingerprint density at radius 1 is 1.10 bits per heavy atom. The molecule has 2 heterocycles. The highest BCUT2D eigenvalue weighted by Crippen LogP contribution is 2.21. The molecule has 9 heteroatoms. The van der Waals surface area contributed by atoms with Gasteiger partial charge >= 0.3 is 0 Å². The molecule has 0 aliphatic heterocycles. The van der Waals surface area contributed by atoms with Crippen LogP contribution in [-0.4, -0.2) is 25.2 Å². The minimum atomic E-state index is -0.340. The molecule has 0 saturated carbocycles. The van der Waals surface area contributed by atoms with E-state index in [0.29, 0.717) is 27.6 Å². The normalized spacial score (nSPS) is 11.0. The van der Waals surface area contributed by atoms with Crippen LogP contribution in [0, 0.1) is 6.92 Å². The number of carbonyl (C=O) groups is 1. The fourth-order valence-electron chi connectivity index (χ4n) is 3.06. The molecule has 0 atom stereocenters. The molecule has 4 aromatic rings. The van der Waals surface area contributed by atoms with Gasteiger partial charge in [0.25, 0.3) is 5.56 Å². The molecule has 30 heavy (non-hydrogen) atoms. The maximum absolute atomic E-state index is 12.8. The van der Waals surface area contributed by atoms with Crippen LogP contribution in [0.1, 0.15) is 11.1 Å². The molecular formula is C21H17Cl2N5O2. The Morgan fingerprint density at radius 2 is 1.83 bits per heavy atom. The number of aromatic nitrogens is 4. The van der Waals surface area contributed by atoms with E-state index in [-0.39, 0.29) is 18.0 Å². The van der Waals surface area contributed by atoms with Gasteiger partial charge in [0.1, 0.15) is 18.3 Å². The van der Waals surface area contributed by atoms with Crippen molar-refractivity contribution in [3.8, 4) is 5.69 Å². The summed E-state index contributed by atoms with van der Waals surface area (Å²) in [5.74, 6) is -0.300. The van der Waals surface area contributed by atoms with Crippen molar-refractivity contribution in [2.24, 2.45) is 0 Å². The van der Waals surface area contributed by atoms with Gasteiger partial charge < -0.3 is 5.32 Å². The van der Waals surface area contributed by atoms with Gasteiger partial charge in [0.05, 0.1) is 11.9 Å². The number of fused-ring (bicyclic) bond motifs is 1. The summed E-state index contributed by atoms with van der Waals surface area (Å²) >= 11 is 12.0. The average Bonchev–Trinajstić information content (AvgIpc) is 3.16. The minimum absolute atomic E-state index is 0.142. The van der Waals surface area contributed by atoms with Crippen LogP contribution >= 0.6 is 23.2 Å². The number of amides is 1. The molecule has 2 aromatic carbocycles. The number of halogens is 2. The Labute approximate surface area is 181 Å². The van der Waals surface area contributed by atoms with Crippen molar-refractivity contribution in [1.82, 2.24) is 24.6 Å². The van der Waals surface area contributed by atoms with E-state index in [1.54, 1.807) is 28.9 Å². The van der Waals surface area contributed by atoms with Gasteiger partial charge in [-0.05, 0) is 42.3 Å². The quantitative estimate of drug-likeness (QED) is 0.513. The number of hydrogen-bond donors (Lipinski definition) is 1. The topological polar surface area (TPSA) is 81.8 Å². The number of rotatable bonds is 5. The number of nitrogens with one attached hydrogen (secondary N) is 1. The summed E-state index contributed by atoms with van der Waals surface area (Å²) in [6.45, 7) is 2.12. The fraction of sp³-hybridized carbons (Fsp3) is 0.143. The number of carbonyl (C=O) groups excluding carboxylic acids is 1. The molecule has 0 aliphatic rings. The molecule has 1 N–H and O–H groups in total. The first kappa shape index (κ1) is 20.1. The van der Waals surface area contributed by atoms with Crippen molar-refractivity contribution in [2.45, 2.75) is 20.0 Å². The van der Waals surface area contributed by atoms with Crippen LogP contribution in [0.25, 0.3) is 16.7 Å². The molecule has 152 valence electrons. The van der Waals surface area contributed by atoms with E-state index in [4.69, 9.17) is 23.2 Å². The molecule has 0 fully saturated rings. The van der Waals surface area contributed by atoms with Gasteiger partial charge in [0, 0.05) is 16.6 Å². The molecule has 0 bridgehead atoms. The van der Waals surface area contributed by atoms with Gasteiger partial charge in [-0.25, -0.2) is 9.67 Å². The van der Waals surface area contributed by atoms with Crippen LogP contribution in [0.15, 0.2) is 59.8 Å². The van der Waals surface area contributed by atoms with E-state index >= 15 is 0 Å². The van der Waals surface area contributed by atoms with Crippen LogP contribution in [0.3, 0.4) is 0 Å². The van der Waals surface area contributed by atoms with E-state index in [0.717, 1.165) is 16.8 Å². The van der Waals surface area contributed by atoms with E-state index in [9.17, 15) is 9.59 Å². The Bertz CT molecular complexity index is 1300. The molecule has 0 aliphatic carbocycles. The second-order valence-electron chi connectivity index (χ2n) is 6.81. The van der Waals surface area contributed by atoms with Gasteiger partial charge in [0.15, 0.2) is 5.65 Å². The smallest absolute Gasteiger partial charge is 0.264 e. The zero-order chi connectivity index (χ0) is 21.3. The first-order valence-corrected chi connectivity index (χ1v) is 9.89. The monoisotopic (exact) mass is 441 g/mol. The van der Waals surface area contributed by atoms with Gasteiger partial charge in [-0.1, -0.05) is 41.4 Å². The van der Waals surface area contributed by atoms with Crippen molar-refractivity contribution in [3.05, 3.63) is 86.5 Å². The van der Waals surface area contributed by atoms with Crippen LogP contribution in [-0.2, 0) is 17.9 Å². The second-order valence-corrected chi connectivity index (χ2v) is 7.68. The number of aryl methyl sites for hydroxylation is 1. The first-order valence-electron chi connectivity index (χ1n) is 9.13. The van der Waals surface area contributed by atoms with E-state index in [2.05, 4.69) is 15.4 Å². The minimum Gasteiger partial charge on any atom is -0.350 e. The zero-order valence-electron chi connectivity index (χ0n) is 16.0. The number of hydrogen-bond acceptors (Lipinski definition) is 4. The molecular weight excluding hydrogens is 425 g/mol. The summed E-state index contributed by atoms with van der Waals surface area (Å²) in [5, 5.41) is 8.60. The van der Waals surface area contributed by atoms with Crippen molar-refractivity contribution >= 4 is 40.1 Å². The predicted molar refractivity (Wildman–Crippen MR) is 116 cm³/mol. The standard InChI is InChI=1S/C21H17Cl2N5O2/c1-13-2-5-16(23)8-18(13)28-20-17(10-26-28)21(30)27(12-25-20)11-19(29)24-9-14-3-6-15(22)7-4-14/h2-8,10,12H,9,11H2,1H3,(H,24,29). The lowest BCUT2D eigenvalue weighted by Crippen LogP contribution is -2.32. The molecule has 0 saturated heterocycles. The third-order valence-corrected chi connectivity index (χ3v) is 5.16. The summed E-state index contributed by atoms with van der Waals surface area (Å²) in [7, 11) is 0. The molecule has 2 aromatic heterocycles. The average molecular weight is 442 g/mol. The van der Waals surface area contributed by atoms with Crippen molar-refractivity contribution < 1.29 is 4.79 Å². The number of nitrogens with zero attached hydrogens (tertiary/aromatic N) is 4. The van der Waals surface area contributed by atoms with Gasteiger partial charge in [-0.3, -0.25) is 14.2 Å². The summed E-state index contributed by atoms with van der Waals surface area (Å²) in [4.78, 5) is 29.5. The molecule has 1 amide bonds. The lowest BCUT2D eigenvalue weighted by atomic mass is 10.2. The molecule has 0 spiro atoms. The highest BCUT2D eigenvalue weighted by Gasteiger charge is 2.14. The fourth-order valence-corrected chi connectivity index (χ4v) is 3.35. The Hall–Kier alpha value is -3.16. The Kier molecular flexibility index (Phi) is 5.57. The summed E-state index contributed by atoms with van der Waals surface area (Å²) in [6, 6.07) is 12.6. The predicted octanol–water partition coefficient (Wildman–Crippen LogP) is 3.51. The van der Waals surface area contributed by atoms with Crippen molar-refractivity contribution in [3.63, 3.8) is 0 Å². The third kappa shape index (κ3) is 4.08. The summed E-state index contributed by atoms with van der Waals surface area (Å²) < 4.78 is 2.83. The maximum Gasteiger partial charge on any atom is 0.264 e. The maximum atomic E-state index is 12.8. The van der Waals surface area contributed by atoms with Gasteiger partial charge in [-0.2, -0.15) is 5.10 Å². The van der Waals surface area contributed by atoms with Crippen LogP contribution in [0.5, 0.6) is 0 Å². The SMILES string of the molecule is Cc1ccc(Cl)cc1-n1ncc2c(=O)n(CC(=O)NCc3ccc(Cl)cc3)cnc21. The lowest BCUT2D eigenvalue weighted by molar-refractivity contribution is -0.121. The van der Waals surface area contributed by atoms with Crippen molar-refractivity contribution in [1.29, 1.82) is 0 Å². The van der Waals surface area contributed by atoms with Crippen LogP contribution in [0.4, 0.5) is 0 Å². The first-order chi connectivity index (χ1) is 14.4. The molecule has 7 nitrogen and oxygen atoms in total. The lowest BCUT2D eigenvalue weighted by Gasteiger charge is -2.09. The largest absolute Gasteiger partial charge is 0.350 e. The zero-order valence-corrected chi connectivity index (χ0v) is 17.5. The Morgan fingerprint density at radius 3 is 2.60 bits per heavy atom. The summed E-state index contributed by atoms with van der Waals surface area (Å²) in [5.41, 5.74) is 2.66. The van der Waals surface area contributed by atoms with Gasteiger partial charge in [0.2, 0.25) is 5.91 Å². The summed E-state index contributed by atoms with van der Waals surface area (Å²) in [6.07, 6.45) is 2.80.